The van der Waals surface area contributed by atoms with Crippen molar-refractivity contribution < 1.29 is 31.5 Å². The van der Waals surface area contributed by atoms with Crippen molar-refractivity contribution in [3.05, 3.63) is 48.5 Å². The van der Waals surface area contributed by atoms with Crippen molar-refractivity contribution in [3.63, 3.8) is 0 Å². The van der Waals surface area contributed by atoms with Crippen LogP contribution in [0.25, 0.3) is 0 Å². The Kier molecular flexibility index (Phi) is 12.9. The molecular formula is C32H46O7S. The molecule has 0 saturated heterocycles. The highest BCUT2D eigenvalue weighted by Gasteiger charge is 2.34. The summed E-state index contributed by atoms with van der Waals surface area (Å²) in [4.78, 5) is 0. The van der Waals surface area contributed by atoms with Gasteiger partial charge in [0.1, 0.15) is 47.4 Å². The Morgan fingerprint density at radius 1 is 0.575 bits per heavy atom. The predicted octanol–water partition coefficient (Wildman–Crippen LogP) is 7.74. The van der Waals surface area contributed by atoms with Crippen LogP contribution in [0, 0.1) is 0 Å². The van der Waals surface area contributed by atoms with E-state index in [4.69, 9.17) is 27.3 Å². The summed E-state index contributed by atoms with van der Waals surface area (Å²) in [5, 5.41) is 0. The molecule has 4 atom stereocenters. The number of ether oxygens (including phenoxy) is 4. The van der Waals surface area contributed by atoms with Gasteiger partial charge in [-0.1, -0.05) is 39.5 Å². The van der Waals surface area contributed by atoms with Gasteiger partial charge in [0.05, 0.1) is 13.2 Å². The summed E-state index contributed by atoms with van der Waals surface area (Å²) < 4.78 is 49.0. The summed E-state index contributed by atoms with van der Waals surface area (Å²) in [5.74, 6) is 3.20. The molecule has 40 heavy (non-hydrogen) atoms. The Labute approximate surface area is 242 Å². The van der Waals surface area contributed by atoms with Gasteiger partial charge >= 0.3 is 11.4 Å². The average Bonchev–Trinajstić information content (AvgIpc) is 2.97. The number of hydrogen-bond donors (Lipinski definition) is 0. The van der Waals surface area contributed by atoms with Gasteiger partial charge in [0.25, 0.3) is 0 Å². The van der Waals surface area contributed by atoms with Crippen molar-refractivity contribution in [2.24, 2.45) is 0 Å². The lowest BCUT2D eigenvalue weighted by Crippen LogP contribution is -2.40. The van der Waals surface area contributed by atoms with Crippen molar-refractivity contribution in [3.8, 4) is 23.0 Å². The van der Waals surface area contributed by atoms with E-state index in [9.17, 15) is 4.21 Å². The lowest BCUT2D eigenvalue weighted by Gasteiger charge is -2.33. The Balaban J connectivity index is 1.27. The van der Waals surface area contributed by atoms with E-state index >= 15 is 0 Å². The zero-order valence-corrected chi connectivity index (χ0v) is 24.9. The molecule has 7 nitrogen and oxygen atoms in total. The highest BCUT2D eigenvalue weighted by Crippen LogP contribution is 2.31. The molecule has 0 aromatic heterocycles. The fourth-order valence-corrected chi connectivity index (χ4v) is 5.98. The van der Waals surface area contributed by atoms with Crippen LogP contribution in [0.4, 0.5) is 0 Å². The fraction of sp³-hybridized carbons (Fsp3) is 0.625. The van der Waals surface area contributed by atoms with Gasteiger partial charge in [0, 0.05) is 0 Å². The van der Waals surface area contributed by atoms with E-state index in [1.54, 1.807) is 0 Å². The average molecular weight is 575 g/mol. The largest absolute Gasteiger partial charge is 0.494 e. The van der Waals surface area contributed by atoms with Crippen molar-refractivity contribution in [1.29, 1.82) is 0 Å². The second-order valence-corrected chi connectivity index (χ2v) is 11.5. The third-order valence-electron chi connectivity index (χ3n) is 7.44. The normalized spacial score (nSPS) is 23.8. The molecule has 0 amide bonds. The van der Waals surface area contributed by atoms with Crippen LogP contribution >= 0.6 is 0 Å². The minimum atomic E-state index is -1.89. The standard InChI is InChI=1S/C32H46O7S/c1-3-5-23-34-25-15-19-27(20-16-25)36-29-11-7-9-13-31(29)38-40(33)39-32-14-10-8-12-30(32)37-28-21-17-26(18-22-28)35-24-6-4-2/h15-22,29-32H,3-14,23-24H2,1-2H3. The summed E-state index contributed by atoms with van der Waals surface area (Å²) in [5.41, 5.74) is 0. The fourth-order valence-electron chi connectivity index (χ4n) is 5.09. The first kappa shape index (κ1) is 30.7. The summed E-state index contributed by atoms with van der Waals surface area (Å²) in [6.45, 7) is 5.73. The van der Waals surface area contributed by atoms with E-state index in [1.807, 2.05) is 48.5 Å². The van der Waals surface area contributed by atoms with E-state index in [-0.39, 0.29) is 24.4 Å². The van der Waals surface area contributed by atoms with Crippen LogP contribution in [-0.2, 0) is 19.7 Å². The Hall–Kier alpha value is -2.29. The van der Waals surface area contributed by atoms with Gasteiger partial charge in [-0.3, -0.25) is 8.37 Å². The topological polar surface area (TPSA) is 72.5 Å². The Morgan fingerprint density at radius 2 is 0.925 bits per heavy atom. The van der Waals surface area contributed by atoms with Crippen LogP contribution in [-0.4, -0.2) is 41.8 Å². The predicted molar refractivity (Wildman–Crippen MR) is 157 cm³/mol. The number of unbranched alkanes of at least 4 members (excludes halogenated alkanes) is 2. The van der Waals surface area contributed by atoms with Gasteiger partial charge in [0.15, 0.2) is 0 Å². The first-order valence-corrected chi connectivity index (χ1v) is 16.2. The van der Waals surface area contributed by atoms with Gasteiger partial charge < -0.3 is 18.9 Å². The smallest absolute Gasteiger partial charge is 0.305 e. The van der Waals surface area contributed by atoms with Crippen LogP contribution in [0.2, 0.25) is 0 Å². The molecule has 2 aromatic carbocycles. The third-order valence-corrected chi connectivity index (χ3v) is 8.25. The molecule has 222 valence electrons. The molecule has 4 unspecified atom stereocenters. The minimum absolute atomic E-state index is 0.176. The first-order chi connectivity index (χ1) is 19.6. The first-order valence-electron chi connectivity index (χ1n) is 15.2. The molecule has 0 N–H and O–H groups in total. The zero-order valence-electron chi connectivity index (χ0n) is 24.1. The summed E-state index contributed by atoms with van der Waals surface area (Å²) >= 11 is -1.89. The van der Waals surface area contributed by atoms with Crippen LogP contribution in [0.5, 0.6) is 23.0 Å². The molecule has 2 saturated carbocycles. The number of rotatable bonds is 16. The summed E-state index contributed by atoms with van der Waals surface area (Å²) in [7, 11) is 0. The molecule has 4 rings (SSSR count). The Morgan fingerprint density at radius 3 is 1.30 bits per heavy atom. The molecule has 0 radical (unpaired) electrons. The number of benzene rings is 2. The Bertz CT molecular complexity index is 918. The van der Waals surface area contributed by atoms with Crippen molar-refractivity contribution in [2.45, 2.75) is 115 Å². The van der Waals surface area contributed by atoms with Gasteiger partial charge in [0.2, 0.25) is 0 Å². The maximum absolute atomic E-state index is 13.0. The monoisotopic (exact) mass is 574 g/mol. The molecule has 0 spiro atoms. The molecule has 2 aliphatic rings. The lowest BCUT2D eigenvalue weighted by atomic mass is 9.95. The van der Waals surface area contributed by atoms with E-state index in [1.165, 1.54) is 0 Å². The van der Waals surface area contributed by atoms with Gasteiger partial charge in [-0.2, -0.15) is 4.21 Å². The third kappa shape index (κ3) is 9.96. The molecule has 2 aliphatic carbocycles. The molecular weight excluding hydrogens is 528 g/mol. The molecule has 8 heteroatoms. The summed E-state index contributed by atoms with van der Waals surface area (Å²) in [6, 6.07) is 15.4. The highest BCUT2D eigenvalue weighted by atomic mass is 32.2. The zero-order chi connectivity index (χ0) is 28.0. The van der Waals surface area contributed by atoms with Gasteiger partial charge in [-0.25, -0.2) is 0 Å². The second kappa shape index (κ2) is 16.8. The molecule has 2 fully saturated rings. The maximum atomic E-state index is 13.0. The SMILES string of the molecule is CCCCOc1ccc(OC2CCCCC2OS(=O)OC2CCCCC2Oc2ccc(OCCCC)cc2)cc1. The maximum Gasteiger partial charge on any atom is 0.305 e. The lowest BCUT2D eigenvalue weighted by molar-refractivity contribution is -0.00312. The minimum Gasteiger partial charge on any atom is -0.494 e. The van der Waals surface area contributed by atoms with Crippen LogP contribution in [0.3, 0.4) is 0 Å². The van der Waals surface area contributed by atoms with E-state index in [0.717, 1.165) is 100 Å². The molecule has 2 aromatic rings. The van der Waals surface area contributed by atoms with Crippen molar-refractivity contribution in [1.82, 2.24) is 0 Å². The van der Waals surface area contributed by atoms with Crippen molar-refractivity contribution in [2.75, 3.05) is 13.2 Å². The van der Waals surface area contributed by atoms with Gasteiger partial charge in [-0.05, 0) is 99.9 Å². The molecule has 0 aliphatic heterocycles. The van der Waals surface area contributed by atoms with Crippen molar-refractivity contribution >= 4 is 11.4 Å². The van der Waals surface area contributed by atoms with E-state index in [2.05, 4.69) is 13.8 Å². The van der Waals surface area contributed by atoms with E-state index in [0.29, 0.717) is 13.2 Å². The van der Waals surface area contributed by atoms with Crippen LogP contribution < -0.4 is 18.9 Å². The summed E-state index contributed by atoms with van der Waals surface area (Å²) in [6.07, 6.45) is 10.7. The molecule has 0 heterocycles. The van der Waals surface area contributed by atoms with E-state index < -0.39 is 11.4 Å². The second-order valence-electron chi connectivity index (χ2n) is 10.7. The molecule has 0 bridgehead atoms. The van der Waals surface area contributed by atoms with Gasteiger partial charge in [-0.15, -0.1) is 0 Å². The highest BCUT2D eigenvalue weighted by molar-refractivity contribution is 7.75. The van der Waals surface area contributed by atoms with Crippen LogP contribution in [0.15, 0.2) is 48.5 Å². The van der Waals surface area contributed by atoms with Crippen LogP contribution in [0.1, 0.15) is 90.9 Å². The quantitative estimate of drug-likeness (QED) is 0.190. The number of hydrogen-bond acceptors (Lipinski definition) is 7.